The normalized spacial score (nSPS) is 16.7. The third-order valence-corrected chi connectivity index (χ3v) is 5.22. The van der Waals surface area contributed by atoms with Gasteiger partial charge in [0.25, 0.3) is 5.91 Å². The fourth-order valence-corrected chi connectivity index (χ4v) is 3.78. The van der Waals surface area contributed by atoms with Gasteiger partial charge in [0.2, 0.25) is 11.8 Å². The minimum absolute atomic E-state index is 0.118. The lowest BCUT2D eigenvalue weighted by atomic mass is 10.1. The van der Waals surface area contributed by atoms with Crippen molar-refractivity contribution in [2.24, 2.45) is 0 Å². The second kappa shape index (κ2) is 7.84. The van der Waals surface area contributed by atoms with Gasteiger partial charge in [-0.1, -0.05) is 18.2 Å². The van der Waals surface area contributed by atoms with Crippen molar-refractivity contribution in [3.8, 4) is 0 Å². The summed E-state index contributed by atoms with van der Waals surface area (Å²) in [5, 5.41) is 2.91. The number of hydrogen-bond acceptors (Lipinski definition) is 3. The molecule has 0 radical (unpaired) electrons. The topological polar surface area (TPSA) is 69.7 Å². The summed E-state index contributed by atoms with van der Waals surface area (Å²) in [5.41, 5.74) is 2.95. The van der Waals surface area contributed by atoms with Gasteiger partial charge in [-0.2, -0.15) is 0 Å². The fraction of sp³-hybridized carbons (Fsp3) is 0.318. The van der Waals surface area contributed by atoms with Gasteiger partial charge in [-0.15, -0.1) is 0 Å². The van der Waals surface area contributed by atoms with E-state index in [1.807, 2.05) is 47.4 Å². The first-order valence-electron chi connectivity index (χ1n) is 9.69. The number of carbonyl (C=O) groups is 3. The van der Waals surface area contributed by atoms with Gasteiger partial charge in [-0.05, 0) is 48.7 Å². The summed E-state index contributed by atoms with van der Waals surface area (Å²) < 4.78 is 0. The highest BCUT2D eigenvalue weighted by molar-refractivity contribution is 6.05. The summed E-state index contributed by atoms with van der Waals surface area (Å²) in [7, 11) is 0. The van der Waals surface area contributed by atoms with Crippen molar-refractivity contribution in [1.82, 2.24) is 4.90 Å². The van der Waals surface area contributed by atoms with Crippen molar-refractivity contribution in [3.63, 3.8) is 0 Å². The highest BCUT2D eigenvalue weighted by Crippen LogP contribution is 2.24. The number of anilines is 2. The molecule has 2 saturated heterocycles. The Morgan fingerprint density at radius 3 is 2.46 bits per heavy atom. The van der Waals surface area contributed by atoms with E-state index in [-0.39, 0.29) is 17.7 Å². The predicted molar refractivity (Wildman–Crippen MR) is 107 cm³/mol. The summed E-state index contributed by atoms with van der Waals surface area (Å²) in [6, 6.07) is 14.7. The third-order valence-electron chi connectivity index (χ3n) is 5.22. The molecule has 2 heterocycles. The van der Waals surface area contributed by atoms with Gasteiger partial charge in [0.15, 0.2) is 0 Å². The minimum Gasteiger partial charge on any atom is -0.338 e. The van der Waals surface area contributed by atoms with Crippen LogP contribution in [0.15, 0.2) is 48.5 Å². The maximum absolute atomic E-state index is 12.7. The van der Waals surface area contributed by atoms with E-state index < -0.39 is 0 Å². The van der Waals surface area contributed by atoms with E-state index >= 15 is 0 Å². The van der Waals surface area contributed by atoms with E-state index in [2.05, 4.69) is 5.32 Å². The molecular formula is C22H23N3O3. The summed E-state index contributed by atoms with van der Waals surface area (Å²) in [5.74, 6) is 0.0789. The first-order valence-corrected chi connectivity index (χ1v) is 9.69. The van der Waals surface area contributed by atoms with E-state index in [9.17, 15) is 14.4 Å². The zero-order valence-corrected chi connectivity index (χ0v) is 15.7. The Morgan fingerprint density at radius 2 is 1.71 bits per heavy atom. The molecule has 0 spiro atoms. The molecule has 2 aromatic rings. The maximum Gasteiger partial charge on any atom is 0.255 e. The molecule has 6 nitrogen and oxygen atoms in total. The Labute approximate surface area is 164 Å². The molecule has 2 aliphatic rings. The lowest BCUT2D eigenvalue weighted by molar-refractivity contribution is -0.128. The number of carbonyl (C=O) groups excluding carboxylic acids is 3. The molecule has 2 fully saturated rings. The number of hydrogen-bond donors (Lipinski definition) is 1. The van der Waals surface area contributed by atoms with Crippen molar-refractivity contribution in [2.75, 3.05) is 23.3 Å². The number of rotatable bonds is 5. The van der Waals surface area contributed by atoms with Crippen LogP contribution >= 0.6 is 0 Å². The fourth-order valence-electron chi connectivity index (χ4n) is 3.78. The number of likely N-dealkylation sites (tertiary alicyclic amines) is 1. The van der Waals surface area contributed by atoms with E-state index in [0.29, 0.717) is 37.2 Å². The maximum atomic E-state index is 12.7. The standard InChI is InChI=1S/C22H23N3O3/c26-20-9-3-11-24(20)15-16-5-1-6-17(13-16)22(28)23-18-7-2-8-19(14-18)25-12-4-10-21(25)27/h1-2,5-8,13-14H,3-4,9-12,15H2,(H,23,28). The second-order valence-electron chi connectivity index (χ2n) is 7.27. The molecule has 144 valence electrons. The van der Waals surface area contributed by atoms with Gasteiger partial charge >= 0.3 is 0 Å². The number of amides is 3. The molecule has 3 amide bonds. The van der Waals surface area contributed by atoms with Crippen LogP contribution in [-0.4, -0.2) is 35.7 Å². The molecular weight excluding hydrogens is 354 g/mol. The van der Waals surface area contributed by atoms with Crippen LogP contribution in [0.5, 0.6) is 0 Å². The molecule has 0 atom stereocenters. The van der Waals surface area contributed by atoms with Gasteiger partial charge in [0.1, 0.15) is 0 Å². The number of nitrogens with zero attached hydrogens (tertiary/aromatic N) is 2. The average Bonchev–Trinajstić information content (AvgIpc) is 3.30. The van der Waals surface area contributed by atoms with Crippen molar-refractivity contribution in [3.05, 3.63) is 59.7 Å². The lowest BCUT2D eigenvalue weighted by Gasteiger charge is -2.17. The molecule has 4 rings (SSSR count). The Bertz CT molecular complexity index is 925. The predicted octanol–water partition coefficient (Wildman–Crippen LogP) is 3.19. The van der Waals surface area contributed by atoms with Crippen LogP contribution in [-0.2, 0) is 16.1 Å². The third kappa shape index (κ3) is 3.91. The van der Waals surface area contributed by atoms with E-state index in [1.54, 1.807) is 11.0 Å². The van der Waals surface area contributed by atoms with Gasteiger partial charge in [0.05, 0.1) is 0 Å². The van der Waals surface area contributed by atoms with Crippen molar-refractivity contribution < 1.29 is 14.4 Å². The molecule has 1 N–H and O–H groups in total. The zero-order chi connectivity index (χ0) is 19.5. The Morgan fingerprint density at radius 1 is 0.929 bits per heavy atom. The monoisotopic (exact) mass is 377 g/mol. The molecule has 28 heavy (non-hydrogen) atoms. The molecule has 2 aliphatic heterocycles. The smallest absolute Gasteiger partial charge is 0.255 e. The van der Waals surface area contributed by atoms with Crippen LogP contribution in [0.1, 0.15) is 41.6 Å². The largest absolute Gasteiger partial charge is 0.338 e. The van der Waals surface area contributed by atoms with Crippen molar-refractivity contribution in [2.45, 2.75) is 32.2 Å². The minimum atomic E-state index is -0.209. The SMILES string of the molecule is O=C(Nc1cccc(N2CCCC2=O)c1)c1cccc(CN2CCCC2=O)c1. The molecule has 0 aromatic heterocycles. The number of nitrogens with one attached hydrogen (secondary N) is 1. The van der Waals surface area contributed by atoms with Crippen LogP contribution in [0, 0.1) is 0 Å². The highest BCUT2D eigenvalue weighted by Gasteiger charge is 2.22. The zero-order valence-electron chi connectivity index (χ0n) is 15.7. The van der Waals surface area contributed by atoms with Gasteiger partial charge < -0.3 is 15.1 Å². The Kier molecular flexibility index (Phi) is 5.10. The van der Waals surface area contributed by atoms with Crippen molar-refractivity contribution in [1.29, 1.82) is 0 Å². The second-order valence-corrected chi connectivity index (χ2v) is 7.27. The van der Waals surface area contributed by atoms with E-state index in [0.717, 1.165) is 30.6 Å². The average molecular weight is 377 g/mol. The van der Waals surface area contributed by atoms with Crippen LogP contribution in [0.25, 0.3) is 0 Å². The highest BCUT2D eigenvalue weighted by atomic mass is 16.2. The molecule has 6 heteroatoms. The van der Waals surface area contributed by atoms with Crippen molar-refractivity contribution >= 4 is 29.1 Å². The van der Waals surface area contributed by atoms with Crippen LogP contribution in [0.4, 0.5) is 11.4 Å². The quantitative estimate of drug-likeness (QED) is 0.870. The summed E-state index contributed by atoms with van der Waals surface area (Å²) in [4.78, 5) is 40.0. The first kappa shape index (κ1) is 18.2. The van der Waals surface area contributed by atoms with Gasteiger partial charge in [0, 0.05) is 49.4 Å². The summed E-state index contributed by atoms with van der Waals surface area (Å²) in [6.45, 7) is 2.03. The van der Waals surface area contributed by atoms with Crippen LogP contribution in [0.3, 0.4) is 0 Å². The Hall–Kier alpha value is -3.15. The van der Waals surface area contributed by atoms with E-state index in [4.69, 9.17) is 0 Å². The molecule has 0 unspecified atom stereocenters. The first-order chi connectivity index (χ1) is 13.6. The van der Waals surface area contributed by atoms with E-state index in [1.165, 1.54) is 0 Å². The molecule has 2 aromatic carbocycles. The van der Waals surface area contributed by atoms with Crippen LogP contribution in [0.2, 0.25) is 0 Å². The van der Waals surface area contributed by atoms with Gasteiger partial charge in [-0.25, -0.2) is 0 Å². The van der Waals surface area contributed by atoms with Crippen LogP contribution < -0.4 is 10.2 Å². The Balaban J connectivity index is 1.46. The summed E-state index contributed by atoms with van der Waals surface area (Å²) in [6.07, 6.45) is 2.94. The molecule has 0 bridgehead atoms. The number of benzene rings is 2. The summed E-state index contributed by atoms with van der Waals surface area (Å²) >= 11 is 0. The van der Waals surface area contributed by atoms with Gasteiger partial charge in [-0.3, -0.25) is 14.4 Å². The molecule has 0 saturated carbocycles. The lowest BCUT2D eigenvalue weighted by Crippen LogP contribution is -2.24. The molecule has 0 aliphatic carbocycles.